The molecule has 1 rings (SSSR count). The van der Waals surface area contributed by atoms with Crippen molar-refractivity contribution in [3.8, 4) is 0 Å². The van der Waals surface area contributed by atoms with E-state index in [-0.39, 0.29) is 18.0 Å². The molecule has 0 fully saturated rings. The molecule has 3 heteroatoms. The number of nitrogens with two attached hydrogens (primary N) is 1. The molecule has 15 heavy (non-hydrogen) atoms. The van der Waals surface area contributed by atoms with Crippen LogP contribution < -0.4 is 5.73 Å². The zero-order chi connectivity index (χ0) is 11.4. The molecule has 1 aromatic carbocycles. The number of rotatable bonds is 4. The van der Waals surface area contributed by atoms with Crippen LogP contribution in [0.2, 0.25) is 0 Å². The highest BCUT2D eigenvalue weighted by atomic mass is 19.1. The molecule has 2 unspecified atom stereocenters. The Balaban J connectivity index is 2.77. The largest absolute Gasteiger partial charge is 0.382 e. The number of halogens is 1. The number of benzene rings is 1. The molecule has 0 aliphatic rings. The van der Waals surface area contributed by atoms with E-state index < -0.39 is 0 Å². The van der Waals surface area contributed by atoms with Crippen molar-refractivity contribution in [2.24, 2.45) is 5.73 Å². The van der Waals surface area contributed by atoms with E-state index in [4.69, 9.17) is 10.5 Å². The highest BCUT2D eigenvalue weighted by molar-refractivity contribution is 5.26. The minimum atomic E-state index is -0.231. The van der Waals surface area contributed by atoms with E-state index in [9.17, 15) is 4.39 Å². The Morgan fingerprint density at radius 1 is 1.40 bits per heavy atom. The summed E-state index contributed by atoms with van der Waals surface area (Å²) in [4.78, 5) is 0. The molecule has 0 radical (unpaired) electrons. The smallest absolute Gasteiger partial charge is 0.123 e. The van der Waals surface area contributed by atoms with Crippen LogP contribution in [0.4, 0.5) is 4.39 Å². The zero-order valence-electron chi connectivity index (χ0n) is 9.46. The second kappa shape index (κ2) is 5.24. The van der Waals surface area contributed by atoms with Crippen LogP contribution >= 0.6 is 0 Å². The summed E-state index contributed by atoms with van der Waals surface area (Å²) < 4.78 is 18.2. The molecule has 0 aliphatic heterocycles. The summed E-state index contributed by atoms with van der Waals surface area (Å²) >= 11 is 0. The molecule has 0 spiro atoms. The average molecular weight is 211 g/mol. The second-order valence-electron chi connectivity index (χ2n) is 3.95. The van der Waals surface area contributed by atoms with Crippen LogP contribution in [0.25, 0.3) is 0 Å². The van der Waals surface area contributed by atoms with Crippen molar-refractivity contribution in [2.75, 3.05) is 7.11 Å². The van der Waals surface area contributed by atoms with E-state index in [0.717, 1.165) is 11.1 Å². The number of hydrogen-bond donors (Lipinski definition) is 1. The van der Waals surface area contributed by atoms with Crippen LogP contribution in [-0.2, 0) is 4.74 Å². The van der Waals surface area contributed by atoms with Gasteiger partial charge in [-0.1, -0.05) is 6.07 Å². The van der Waals surface area contributed by atoms with E-state index >= 15 is 0 Å². The first-order chi connectivity index (χ1) is 7.02. The minimum Gasteiger partial charge on any atom is -0.382 e. The summed E-state index contributed by atoms with van der Waals surface area (Å²) in [6.07, 6.45) is 0.780. The summed E-state index contributed by atoms with van der Waals surface area (Å²) in [5.74, 6) is -0.231. The van der Waals surface area contributed by atoms with E-state index in [1.54, 1.807) is 7.11 Å². The SMILES string of the molecule is COC(C)CC(N)c1cc(C)cc(F)c1. The maximum absolute atomic E-state index is 13.1. The first-order valence-electron chi connectivity index (χ1n) is 5.08. The van der Waals surface area contributed by atoms with Crippen LogP contribution in [0.3, 0.4) is 0 Å². The lowest BCUT2D eigenvalue weighted by atomic mass is 10.00. The summed E-state index contributed by atoms with van der Waals surface area (Å²) in [6.45, 7) is 3.81. The normalized spacial score (nSPS) is 15.0. The lowest BCUT2D eigenvalue weighted by Gasteiger charge is -2.17. The fourth-order valence-electron chi connectivity index (χ4n) is 1.57. The average Bonchev–Trinajstić information content (AvgIpc) is 2.16. The molecule has 0 saturated carbocycles. The van der Waals surface area contributed by atoms with Gasteiger partial charge in [0.25, 0.3) is 0 Å². The van der Waals surface area contributed by atoms with Gasteiger partial charge in [-0.05, 0) is 43.5 Å². The first kappa shape index (κ1) is 12.1. The van der Waals surface area contributed by atoms with Gasteiger partial charge in [-0.2, -0.15) is 0 Å². The van der Waals surface area contributed by atoms with E-state index in [2.05, 4.69) is 0 Å². The van der Waals surface area contributed by atoms with Crippen LogP contribution in [0.15, 0.2) is 18.2 Å². The summed E-state index contributed by atoms with van der Waals surface area (Å²) in [5.41, 5.74) is 7.69. The van der Waals surface area contributed by atoms with Gasteiger partial charge in [-0.15, -0.1) is 0 Å². The molecule has 84 valence electrons. The molecular weight excluding hydrogens is 193 g/mol. The topological polar surface area (TPSA) is 35.2 Å². The molecule has 0 amide bonds. The fourth-order valence-corrected chi connectivity index (χ4v) is 1.57. The number of methoxy groups -OCH3 is 1. The van der Waals surface area contributed by atoms with Crippen molar-refractivity contribution < 1.29 is 9.13 Å². The van der Waals surface area contributed by atoms with Gasteiger partial charge in [0, 0.05) is 13.2 Å². The van der Waals surface area contributed by atoms with Gasteiger partial charge in [0.2, 0.25) is 0 Å². The Kier molecular flexibility index (Phi) is 4.24. The van der Waals surface area contributed by atoms with Gasteiger partial charge in [0.1, 0.15) is 5.82 Å². The van der Waals surface area contributed by atoms with Crippen molar-refractivity contribution in [1.29, 1.82) is 0 Å². The Labute approximate surface area is 90.2 Å². The van der Waals surface area contributed by atoms with Gasteiger partial charge in [0.05, 0.1) is 6.10 Å². The monoisotopic (exact) mass is 211 g/mol. The quantitative estimate of drug-likeness (QED) is 0.830. The van der Waals surface area contributed by atoms with Gasteiger partial charge in [-0.3, -0.25) is 0 Å². The molecule has 2 N–H and O–H groups in total. The summed E-state index contributed by atoms with van der Waals surface area (Å²) in [5, 5.41) is 0. The highest BCUT2D eigenvalue weighted by Crippen LogP contribution is 2.19. The minimum absolute atomic E-state index is 0.0866. The van der Waals surface area contributed by atoms with Crippen molar-refractivity contribution >= 4 is 0 Å². The van der Waals surface area contributed by atoms with E-state index in [1.807, 2.05) is 19.9 Å². The van der Waals surface area contributed by atoms with E-state index in [1.165, 1.54) is 12.1 Å². The predicted molar refractivity (Wildman–Crippen MR) is 59.2 cm³/mol. The molecule has 2 nitrogen and oxygen atoms in total. The molecule has 0 bridgehead atoms. The van der Waals surface area contributed by atoms with Crippen LogP contribution in [-0.4, -0.2) is 13.2 Å². The van der Waals surface area contributed by atoms with E-state index in [0.29, 0.717) is 6.42 Å². The molecule has 1 aromatic rings. The van der Waals surface area contributed by atoms with Crippen molar-refractivity contribution in [3.05, 3.63) is 35.1 Å². The summed E-state index contributed by atoms with van der Waals surface area (Å²) in [7, 11) is 1.65. The Hall–Kier alpha value is -0.930. The van der Waals surface area contributed by atoms with Crippen LogP contribution in [0.1, 0.15) is 30.5 Å². The molecule has 0 aliphatic carbocycles. The molecular formula is C12H18FNO. The van der Waals surface area contributed by atoms with Crippen molar-refractivity contribution in [2.45, 2.75) is 32.4 Å². The van der Waals surface area contributed by atoms with Crippen molar-refractivity contribution in [1.82, 2.24) is 0 Å². The van der Waals surface area contributed by atoms with Gasteiger partial charge in [-0.25, -0.2) is 4.39 Å². The third-order valence-corrected chi connectivity index (χ3v) is 2.48. The predicted octanol–water partition coefficient (Wildman–Crippen LogP) is 2.56. The highest BCUT2D eigenvalue weighted by Gasteiger charge is 2.11. The van der Waals surface area contributed by atoms with Gasteiger partial charge >= 0.3 is 0 Å². The zero-order valence-corrected chi connectivity index (χ0v) is 9.46. The molecule has 2 atom stereocenters. The standard InChI is InChI=1S/C12H18FNO/c1-8-4-10(7-11(13)5-8)12(14)6-9(2)15-3/h4-5,7,9,12H,6,14H2,1-3H3. The number of ether oxygens (including phenoxy) is 1. The Morgan fingerprint density at radius 3 is 2.60 bits per heavy atom. The Morgan fingerprint density at radius 2 is 2.07 bits per heavy atom. The summed E-state index contributed by atoms with van der Waals surface area (Å²) in [6, 6.07) is 4.72. The second-order valence-corrected chi connectivity index (χ2v) is 3.95. The van der Waals surface area contributed by atoms with Gasteiger partial charge < -0.3 is 10.5 Å². The first-order valence-corrected chi connectivity index (χ1v) is 5.08. The number of hydrogen-bond acceptors (Lipinski definition) is 2. The van der Waals surface area contributed by atoms with Crippen LogP contribution in [0, 0.1) is 12.7 Å². The van der Waals surface area contributed by atoms with Crippen molar-refractivity contribution in [3.63, 3.8) is 0 Å². The lowest BCUT2D eigenvalue weighted by Crippen LogP contribution is -2.18. The Bertz CT molecular complexity index is 307. The number of aryl methyl sites for hydroxylation is 1. The third-order valence-electron chi connectivity index (χ3n) is 2.48. The van der Waals surface area contributed by atoms with Gasteiger partial charge in [0.15, 0.2) is 0 Å². The maximum Gasteiger partial charge on any atom is 0.123 e. The molecule has 0 heterocycles. The maximum atomic E-state index is 13.1. The third kappa shape index (κ3) is 3.61. The molecule has 0 saturated heterocycles. The van der Waals surface area contributed by atoms with Crippen LogP contribution in [0.5, 0.6) is 0 Å². The molecule has 0 aromatic heterocycles. The fraction of sp³-hybridized carbons (Fsp3) is 0.500. The lowest BCUT2D eigenvalue weighted by molar-refractivity contribution is 0.104.